The van der Waals surface area contributed by atoms with E-state index in [2.05, 4.69) is 21.2 Å². The molecule has 0 bridgehead atoms. The number of nitrogens with one attached hydrogen (secondary N) is 1. The summed E-state index contributed by atoms with van der Waals surface area (Å²) in [6, 6.07) is 15.9. The molecule has 0 aromatic heterocycles. The number of hydrogen-bond donors (Lipinski definition) is 1. The van der Waals surface area contributed by atoms with Crippen LogP contribution in [0.15, 0.2) is 53.0 Å². The van der Waals surface area contributed by atoms with Crippen LogP contribution in [0.4, 0.5) is 5.69 Å². The van der Waals surface area contributed by atoms with Gasteiger partial charge in [0.15, 0.2) is 0 Å². The lowest BCUT2D eigenvalue weighted by atomic mass is 10.1. The van der Waals surface area contributed by atoms with Gasteiger partial charge in [0.05, 0.1) is 11.6 Å². The second-order valence-corrected chi connectivity index (χ2v) is 4.57. The Hall–Kier alpha value is -2.12. The topological polar surface area (TPSA) is 52.9 Å². The minimum atomic E-state index is -0.197. The lowest BCUT2D eigenvalue weighted by molar-refractivity contribution is 0.102. The molecule has 1 amide bonds. The molecule has 3 nitrogen and oxygen atoms in total. The summed E-state index contributed by atoms with van der Waals surface area (Å²) in [7, 11) is 0. The van der Waals surface area contributed by atoms with Crippen molar-refractivity contribution in [3.63, 3.8) is 0 Å². The highest BCUT2D eigenvalue weighted by molar-refractivity contribution is 9.10. The van der Waals surface area contributed by atoms with E-state index in [1.807, 2.05) is 30.3 Å². The molecule has 2 rings (SSSR count). The van der Waals surface area contributed by atoms with Crippen molar-refractivity contribution in [2.75, 3.05) is 5.32 Å². The Morgan fingerprint density at radius 2 is 1.89 bits per heavy atom. The minimum absolute atomic E-state index is 0.197. The average molecular weight is 301 g/mol. The average Bonchev–Trinajstić information content (AvgIpc) is 2.39. The van der Waals surface area contributed by atoms with Crippen LogP contribution in [0, 0.1) is 11.3 Å². The molecule has 0 heterocycles. The molecular weight excluding hydrogens is 292 g/mol. The summed E-state index contributed by atoms with van der Waals surface area (Å²) < 4.78 is 0.903. The fourth-order valence-electron chi connectivity index (χ4n) is 1.47. The van der Waals surface area contributed by atoms with Crippen molar-refractivity contribution in [3.05, 3.63) is 64.1 Å². The van der Waals surface area contributed by atoms with Crippen molar-refractivity contribution >= 4 is 27.5 Å². The molecule has 0 radical (unpaired) electrons. The van der Waals surface area contributed by atoms with Gasteiger partial charge in [0.2, 0.25) is 0 Å². The molecule has 0 fully saturated rings. The van der Waals surface area contributed by atoms with Gasteiger partial charge < -0.3 is 5.32 Å². The standard InChI is InChI=1S/C14H9BrN2O/c15-12-2-1-3-13(8-12)17-14(18)11-6-4-10(9-16)5-7-11/h1-8H,(H,17,18). The Kier molecular flexibility index (Phi) is 3.75. The molecule has 0 aliphatic heterocycles. The number of nitrogens with zero attached hydrogens (tertiary/aromatic N) is 1. The number of carbonyl (C=O) groups is 1. The third-order valence-electron chi connectivity index (χ3n) is 2.36. The van der Waals surface area contributed by atoms with Gasteiger partial charge in [0.1, 0.15) is 0 Å². The maximum absolute atomic E-state index is 11.9. The first-order chi connectivity index (χ1) is 8.69. The number of halogens is 1. The zero-order chi connectivity index (χ0) is 13.0. The first kappa shape index (κ1) is 12.3. The molecule has 0 unspecified atom stereocenters. The van der Waals surface area contributed by atoms with Crippen molar-refractivity contribution in [3.8, 4) is 6.07 Å². The van der Waals surface area contributed by atoms with E-state index in [0.717, 1.165) is 10.2 Å². The van der Waals surface area contributed by atoms with Gasteiger partial charge in [-0.2, -0.15) is 5.26 Å². The lowest BCUT2D eigenvalue weighted by Gasteiger charge is -2.05. The predicted octanol–water partition coefficient (Wildman–Crippen LogP) is 3.57. The van der Waals surface area contributed by atoms with E-state index in [1.165, 1.54) is 0 Å². The summed E-state index contributed by atoms with van der Waals surface area (Å²) in [5.74, 6) is -0.197. The zero-order valence-electron chi connectivity index (χ0n) is 9.35. The molecule has 18 heavy (non-hydrogen) atoms. The number of nitriles is 1. The molecular formula is C14H9BrN2O. The zero-order valence-corrected chi connectivity index (χ0v) is 10.9. The van der Waals surface area contributed by atoms with Crippen molar-refractivity contribution in [2.45, 2.75) is 0 Å². The van der Waals surface area contributed by atoms with Gasteiger partial charge in [-0.1, -0.05) is 22.0 Å². The molecule has 0 spiro atoms. The summed E-state index contributed by atoms with van der Waals surface area (Å²) in [6.07, 6.45) is 0. The van der Waals surface area contributed by atoms with Gasteiger partial charge in [-0.05, 0) is 42.5 Å². The Bertz CT molecular complexity index is 614. The van der Waals surface area contributed by atoms with E-state index in [1.54, 1.807) is 24.3 Å². The number of rotatable bonds is 2. The van der Waals surface area contributed by atoms with E-state index >= 15 is 0 Å². The van der Waals surface area contributed by atoms with Crippen LogP contribution in [-0.4, -0.2) is 5.91 Å². The molecule has 0 saturated carbocycles. The van der Waals surface area contributed by atoms with Crippen LogP contribution in [0.5, 0.6) is 0 Å². The molecule has 88 valence electrons. The first-order valence-electron chi connectivity index (χ1n) is 5.26. The first-order valence-corrected chi connectivity index (χ1v) is 6.05. The normalized spacial score (nSPS) is 9.56. The predicted molar refractivity (Wildman–Crippen MR) is 73.3 cm³/mol. The fraction of sp³-hybridized carbons (Fsp3) is 0. The highest BCUT2D eigenvalue weighted by atomic mass is 79.9. The molecule has 4 heteroatoms. The Labute approximate surface area is 113 Å². The second kappa shape index (κ2) is 5.48. The number of anilines is 1. The van der Waals surface area contributed by atoms with E-state index in [-0.39, 0.29) is 5.91 Å². The monoisotopic (exact) mass is 300 g/mol. The van der Waals surface area contributed by atoms with E-state index in [9.17, 15) is 4.79 Å². The maximum Gasteiger partial charge on any atom is 0.255 e. The smallest absolute Gasteiger partial charge is 0.255 e. The SMILES string of the molecule is N#Cc1ccc(C(=O)Nc2cccc(Br)c2)cc1. The van der Waals surface area contributed by atoms with Gasteiger partial charge in [-0.25, -0.2) is 0 Å². The van der Waals surface area contributed by atoms with E-state index in [0.29, 0.717) is 11.1 Å². The van der Waals surface area contributed by atoms with Gasteiger partial charge in [-0.15, -0.1) is 0 Å². The minimum Gasteiger partial charge on any atom is -0.322 e. The Balaban J connectivity index is 2.14. The fourth-order valence-corrected chi connectivity index (χ4v) is 1.86. The molecule has 0 atom stereocenters. The Morgan fingerprint density at radius 3 is 2.50 bits per heavy atom. The summed E-state index contributed by atoms with van der Waals surface area (Å²) in [4.78, 5) is 11.9. The van der Waals surface area contributed by atoms with Crippen LogP contribution in [0.3, 0.4) is 0 Å². The number of carbonyl (C=O) groups excluding carboxylic acids is 1. The molecule has 1 N–H and O–H groups in total. The van der Waals surface area contributed by atoms with Gasteiger partial charge >= 0.3 is 0 Å². The summed E-state index contributed by atoms with van der Waals surface area (Å²) >= 11 is 3.34. The highest BCUT2D eigenvalue weighted by Crippen LogP contribution is 2.16. The quantitative estimate of drug-likeness (QED) is 0.922. The summed E-state index contributed by atoms with van der Waals surface area (Å²) in [5.41, 5.74) is 1.78. The third-order valence-corrected chi connectivity index (χ3v) is 2.85. The maximum atomic E-state index is 11.9. The largest absolute Gasteiger partial charge is 0.322 e. The summed E-state index contributed by atoms with van der Waals surface area (Å²) in [6.45, 7) is 0. The van der Waals surface area contributed by atoms with E-state index in [4.69, 9.17) is 5.26 Å². The van der Waals surface area contributed by atoms with Gasteiger partial charge in [0.25, 0.3) is 5.91 Å². The van der Waals surface area contributed by atoms with Gasteiger partial charge in [-0.3, -0.25) is 4.79 Å². The van der Waals surface area contributed by atoms with Gasteiger partial charge in [0, 0.05) is 15.7 Å². The Morgan fingerprint density at radius 1 is 1.17 bits per heavy atom. The van der Waals surface area contributed by atoms with Crippen LogP contribution in [-0.2, 0) is 0 Å². The number of hydrogen-bond acceptors (Lipinski definition) is 2. The number of benzene rings is 2. The lowest BCUT2D eigenvalue weighted by Crippen LogP contribution is -2.11. The van der Waals surface area contributed by atoms with Crippen LogP contribution < -0.4 is 5.32 Å². The molecule has 0 saturated heterocycles. The van der Waals surface area contributed by atoms with Crippen LogP contribution in [0.2, 0.25) is 0 Å². The van der Waals surface area contributed by atoms with E-state index < -0.39 is 0 Å². The second-order valence-electron chi connectivity index (χ2n) is 3.65. The van der Waals surface area contributed by atoms with Crippen molar-refractivity contribution in [1.29, 1.82) is 5.26 Å². The molecule has 0 aliphatic carbocycles. The van der Waals surface area contributed by atoms with Crippen molar-refractivity contribution in [1.82, 2.24) is 0 Å². The molecule has 2 aromatic rings. The molecule has 2 aromatic carbocycles. The van der Waals surface area contributed by atoms with Crippen molar-refractivity contribution < 1.29 is 4.79 Å². The summed E-state index contributed by atoms with van der Waals surface area (Å²) in [5, 5.41) is 11.5. The van der Waals surface area contributed by atoms with Crippen LogP contribution in [0.1, 0.15) is 15.9 Å². The number of amides is 1. The van der Waals surface area contributed by atoms with Crippen molar-refractivity contribution in [2.24, 2.45) is 0 Å². The van der Waals surface area contributed by atoms with Crippen LogP contribution in [0.25, 0.3) is 0 Å². The highest BCUT2D eigenvalue weighted by Gasteiger charge is 2.05. The third kappa shape index (κ3) is 2.96. The molecule has 0 aliphatic rings. The van der Waals surface area contributed by atoms with Crippen LogP contribution >= 0.6 is 15.9 Å².